The van der Waals surface area contributed by atoms with Crippen LogP contribution in [0.1, 0.15) is 68.2 Å². The van der Waals surface area contributed by atoms with Crippen molar-refractivity contribution in [2.24, 2.45) is 23.2 Å². The zero-order valence-electron chi connectivity index (χ0n) is 16.1. The van der Waals surface area contributed by atoms with Crippen molar-refractivity contribution in [2.45, 2.75) is 68.2 Å². The molecule has 0 heterocycles. The van der Waals surface area contributed by atoms with Crippen LogP contribution in [0.25, 0.3) is 0 Å². The summed E-state index contributed by atoms with van der Waals surface area (Å²) in [5.41, 5.74) is 0.396. The fourth-order valence-electron chi connectivity index (χ4n) is 3.27. The van der Waals surface area contributed by atoms with E-state index >= 15 is 0 Å². The first-order valence-corrected chi connectivity index (χ1v) is 9.11. The molecule has 1 unspecified atom stereocenters. The van der Waals surface area contributed by atoms with E-state index in [1.807, 2.05) is 0 Å². The van der Waals surface area contributed by atoms with E-state index in [-0.39, 0.29) is 0 Å². The quantitative estimate of drug-likeness (QED) is 0.564. The summed E-state index contributed by atoms with van der Waals surface area (Å²) >= 11 is 0. The van der Waals surface area contributed by atoms with Gasteiger partial charge in [-0.25, -0.2) is 0 Å². The molecule has 0 saturated heterocycles. The van der Waals surface area contributed by atoms with Crippen LogP contribution in [-0.2, 0) is 0 Å². The smallest absolute Gasteiger partial charge is 0.00477 e. The van der Waals surface area contributed by atoms with Crippen molar-refractivity contribution >= 4 is 0 Å². The Morgan fingerprint density at radius 2 is 1.43 bits per heavy atom. The number of rotatable bonds is 12. The van der Waals surface area contributed by atoms with Gasteiger partial charge in [0.25, 0.3) is 0 Å². The topological polar surface area (TPSA) is 15.3 Å². The van der Waals surface area contributed by atoms with E-state index in [4.69, 9.17) is 0 Å². The molecule has 0 fully saturated rings. The Hall–Kier alpha value is -0.0800. The van der Waals surface area contributed by atoms with E-state index < -0.39 is 0 Å². The lowest BCUT2D eigenvalue weighted by Crippen LogP contribution is -2.45. The van der Waals surface area contributed by atoms with Gasteiger partial charge in [-0.3, -0.25) is 0 Å². The standard InChI is InChI=1S/C19H42N2/c1-9-10-19(8,14-20-11-16(2)3)15-21(12-17(4)5)13-18(6)7/h16-18,20H,9-15H2,1-8H3. The molecule has 2 heteroatoms. The van der Waals surface area contributed by atoms with Crippen molar-refractivity contribution in [3.8, 4) is 0 Å². The van der Waals surface area contributed by atoms with Gasteiger partial charge in [-0.1, -0.05) is 61.8 Å². The predicted molar refractivity (Wildman–Crippen MR) is 96.8 cm³/mol. The Morgan fingerprint density at radius 3 is 1.81 bits per heavy atom. The highest BCUT2D eigenvalue weighted by molar-refractivity contribution is 4.81. The van der Waals surface area contributed by atoms with Gasteiger partial charge in [0.2, 0.25) is 0 Å². The van der Waals surface area contributed by atoms with Crippen molar-refractivity contribution in [1.29, 1.82) is 0 Å². The molecule has 0 aliphatic heterocycles. The summed E-state index contributed by atoms with van der Waals surface area (Å²) in [5.74, 6) is 2.23. The molecule has 0 aromatic rings. The normalized spacial score (nSPS) is 15.4. The van der Waals surface area contributed by atoms with Crippen LogP contribution in [0.4, 0.5) is 0 Å². The second-order valence-corrected chi connectivity index (χ2v) is 8.57. The Morgan fingerprint density at radius 1 is 0.905 bits per heavy atom. The molecular weight excluding hydrogens is 256 g/mol. The van der Waals surface area contributed by atoms with Gasteiger partial charge in [0.05, 0.1) is 0 Å². The van der Waals surface area contributed by atoms with E-state index in [2.05, 4.69) is 65.6 Å². The van der Waals surface area contributed by atoms with E-state index in [9.17, 15) is 0 Å². The SMILES string of the molecule is CCCC(C)(CNCC(C)C)CN(CC(C)C)CC(C)C. The second-order valence-electron chi connectivity index (χ2n) is 8.57. The summed E-state index contributed by atoms with van der Waals surface area (Å²) in [7, 11) is 0. The second kappa shape index (κ2) is 10.6. The Balaban J connectivity index is 4.63. The van der Waals surface area contributed by atoms with Crippen LogP contribution < -0.4 is 5.32 Å². The summed E-state index contributed by atoms with van der Waals surface area (Å²) < 4.78 is 0. The highest BCUT2D eigenvalue weighted by atomic mass is 15.1. The predicted octanol–water partition coefficient (Wildman–Crippen LogP) is 4.65. The van der Waals surface area contributed by atoms with Gasteiger partial charge in [-0.15, -0.1) is 0 Å². The number of nitrogens with zero attached hydrogens (tertiary/aromatic N) is 1. The summed E-state index contributed by atoms with van der Waals surface area (Å²) in [4.78, 5) is 2.70. The highest BCUT2D eigenvalue weighted by Crippen LogP contribution is 2.25. The third-order valence-corrected chi connectivity index (χ3v) is 3.81. The third-order valence-electron chi connectivity index (χ3n) is 3.81. The molecule has 0 aromatic carbocycles. The van der Waals surface area contributed by atoms with E-state index in [0.717, 1.165) is 30.8 Å². The molecule has 0 aliphatic carbocycles. The monoisotopic (exact) mass is 298 g/mol. The minimum Gasteiger partial charge on any atom is -0.316 e. The summed E-state index contributed by atoms with van der Waals surface area (Å²) in [6, 6.07) is 0. The van der Waals surface area contributed by atoms with Crippen LogP contribution in [0.2, 0.25) is 0 Å². The van der Waals surface area contributed by atoms with Crippen molar-refractivity contribution < 1.29 is 0 Å². The maximum Gasteiger partial charge on any atom is 0.00477 e. The average Bonchev–Trinajstić information content (AvgIpc) is 2.25. The first-order valence-electron chi connectivity index (χ1n) is 9.11. The summed E-state index contributed by atoms with van der Waals surface area (Å²) in [6.45, 7) is 24.6. The lowest BCUT2D eigenvalue weighted by Gasteiger charge is -2.37. The van der Waals surface area contributed by atoms with Crippen molar-refractivity contribution in [1.82, 2.24) is 10.2 Å². The van der Waals surface area contributed by atoms with Gasteiger partial charge in [-0.2, -0.15) is 0 Å². The number of hydrogen-bond donors (Lipinski definition) is 1. The first kappa shape index (κ1) is 20.9. The number of hydrogen-bond acceptors (Lipinski definition) is 2. The van der Waals surface area contributed by atoms with Gasteiger partial charge in [0.15, 0.2) is 0 Å². The molecule has 0 aromatic heterocycles. The van der Waals surface area contributed by atoms with Gasteiger partial charge >= 0.3 is 0 Å². The fraction of sp³-hybridized carbons (Fsp3) is 1.00. The molecule has 0 radical (unpaired) electrons. The molecular formula is C19H42N2. The Bertz CT molecular complexity index is 238. The molecule has 0 bridgehead atoms. The van der Waals surface area contributed by atoms with E-state index in [1.165, 1.54) is 32.5 Å². The van der Waals surface area contributed by atoms with Crippen LogP contribution in [-0.4, -0.2) is 37.6 Å². The maximum absolute atomic E-state index is 3.70. The van der Waals surface area contributed by atoms with Crippen molar-refractivity contribution in [3.05, 3.63) is 0 Å². The Labute approximate surface area is 135 Å². The zero-order valence-corrected chi connectivity index (χ0v) is 16.1. The third kappa shape index (κ3) is 11.2. The largest absolute Gasteiger partial charge is 0.316 e. The van der Waals surface area contributed by atoms with Gasteiger partial charge in [-0.05, 0) is 36.1 Å². The van der Waals surface area contributed by atoms with Crippen LogP contribution in [0.15, 0.2) is 0 Å². The average molecular weight is 299 g/mol. The van der Waals surface area contributed by atoms with Gasteiger partial charge in [0.1, 0.15) is 0 Å². The summed E-state index contributed by atoms with van der Waals surface area (Å²) in [5, 5.41) is 3.70. The molecule has 2 nitrogen and oxygen atoms in total. The fourth-order valence-corrected chi connectivity index (χ4v) is 3.27. The first-order chi connectivity index (χ1) is 9.68. The van der Waals surface area contributed by atoms with Crippen molar-refractivity contribution in [2.75, 3.05) is 32.7 Å². The molecule has 1 N–H and O–H groups in total. The lowest BCUT2D eigenvalue weighted by atomic mass is 9.84. The molecule has 128 valence electrons. The highest BCUT2D eigenvalue weighted by Gasteiger charge is 2.26. The van der Waals surface area contributed by atoms with Gasteiger partial charge < -0.3 is 10.2 Å². The van der Waals surface area contributed by atoms with E-state index in [1.54, 1.807) is 0 Å². The molecule has 0 aliphatic rings. The molecule has 1 atom stereocenters. The Kier molecular flexibility index (Phi) is 10.6. The molecule has 21 heavy (non-hydrogen) atoms. The minimum absolute atomic E-state index is 0.396. The van der Waals surface area contributed by atoms with Crippen molar-refractivity contribution in [3.63, 3.8) is 0 Å². The van der Waals surface area contributed by atoms with Crippen LogP contribution in [0.5, 0.6) is 0 Å². The van der Waals surface area contributed by atoms with Crippen LogP contribution >= 0.6 is 0 Å². The summed E-state index contributed by atoms with van der Waals surface area (Å²) in [6.07, 6.45) is 2.59. The zero-order chi connectivity index (χ0) is 16.5. The van der Waals surface area contributed by atoms with Crippen LogP contribution in [0, 0.1) is 23.2 Å². The minimum atomic E-state index is 0.396. The number of nitrogens with one attached hydrogen (secondary N) is 1. The van der Waals surface area contributed by atoms with Crippen LogP contribution in [0.3, 0.4) is 0 Å². The molecule has 0 spiro atoms. The molecule has 0 saturated carbocycles. The molecule has 0 rings (SSSR count). The lowest BCUT2D eigenvalue weighted by molar-refractivity contribution is 0.125. The van der Waals surface area contributed by atoms with E-state index in [0.29, 0.717) is 5.41 Å². The van der Waals surface area contributed by atoms with Gasteiger partial charge in [0, 0.05) is 26.2 Å². The molecule has 0 amide bonds. The maximum atomic E-state index is 3.70.